The SMILES string of the molecule is CCCCc1ccc(C(=O)NC(C)c2nnc(SCc3ccccc3)n2-c2ccc([N+](=O)[O-])cc2)cc1. The smallest absolute Gasteiger partial charge is 0.269 e. The van der Waals surface area contributed by atoms with Crippen molar-refractivity contribution in [1.82, 2.24) is 20.1 Å². The van der Waals surface area contributed by atoms with Crippen LogP contribution in [0.1, 0.15) is 60.0 Å². The summed E-state index contributed by atoms with van der Waals surface area (Å²) in [6.45, 7) is 4.01. The summed E-state index contributed by atoms with van der Waals surface area (Å²) in [6.07, 6.45) is 3.24. The molecular formula is C28H29N5O3S. The molecule has 190 valence electrons. The summed E-state index contributed by atoms with van der Waals surface area (Å²) in [6, 6.07) is 23.5. The van der Waals surface area contributed by atoms with E-state index in [-0.39, 0.29) is 11.6 Å². The molecule has 0 aliphatic heterocycles. The summed E-state index contributed by atoms with van der Waals surface area (Å²) < 4.78 is 1.84. The Morgan fingerprint density at radius 1 is 1.00 bits per heavy atom. The number of nitro benzene ring substituents is 1. The number of aromatic nitrogens is 3. The molecule has 0 bridgehead atoms. The lowest BCUT2D eigenvalue weighted by Crippen LogP contribution is -2.28. The van der Waals surface area contributed by atoms with Crippen LogP contribution in [-0.4, -0.2) is 25.6 Å². The molecule has 1 atom stereocenters. The standard InChI is InChI=1S/C28H29N5O3S/c1-3-4-8-21-11-13-23(14-12-21)27(34)29-20(2)26-30-31-28(37-19-22-9-6-5-7-10-22)32(26)24-15-17-25(18-16-24)33(35)36/h5-7,9-18,20H,3-4,8,19H2,1-2H3,(H,29,34). The predicted octanol–water partition coefficient (Wildman–Crippen LogP) is 6.30. The van der Waals surface area contributed by atoms with Crippen LogP contribution < -0.4 is 5.32 Å². The number of aryl methyl sites for hydroxylation is 1. The highest BCUT2D eigenvalue weighted by Gasteiger charge is 2.22. The van der Waals surface area contributed by atoms with Gasteiger partial charge >= 0.3 is 0 Å². The third kappa shape index (κ3) is 6.62. The molecule has 0 fully saturated rings. The Bertz CT molecular complexity index is 1340. The van der Waals surface area contributed by atoms with E-state index in [0.717, 1.165) is 24.8 Å². The minimum absolute atomic E-state index is 0.000554. The van der Waals surface area contributed by atoms with Crippen LogP contribution in [0, 0.1) is 10.1 Å². The summed E-state index contributed by atoms with van der Waals surface area (Å²) in [7, 11) is 0. The highest BCUT2D eigenvalue weighted by atomic mass is 32.2. The summed E-state index contributed by atoms with van der Waals surface area (Å²) >= 11 is 1.51. The summed E-state index contributed by atoms with van der Waals surface area (Å²) in [5.74, 6) is 1.01. The molecule has 0 saturated heterocycles. The van der Waals surface area contributed by atoms with Crippen LogP contribution in [0.5, 0.6) is 0 Å². The molecule has 3 aromatic carbocycles. The van der Waals surface area contributed by atoms with Crippen LogP contribution >= 0.6 is 11.8 Å². The first-order valence-corrected chi connectivity index (χ1v) is 13.2. The van der Waals surface area contributed by atoms with Gasteiger partial charge in [0.05, 0.1) is 11.0 Å². The number of nitrogens with zero attached hydrogens (tertiary/aromatic N) is 4. The molecular weight excluding hydrogens is 486 g/mol. The monoisotopic (exact) mass is 515 g/mol. The van der Waals surface area contributed by atoms with Crippen LogP contribution in [0.2, 0.25) is 0 Å². The molecule has 0 spiro atoms. The second kappa shape index (κ2) is 12.3. The third-order valence-electron chi connectivity index (χ3n) is 5.96. The fraction of sp³-hybridized carbons (Fsp3) is 0.250. The number of hydrogen-bond donors (Lipinski definition) is 1. The van der Waals surface area contributed by atoms with Gasteiger partial charge in [-0.2, -0.15) is 0 Å². The van der Waals surface area contributed by atoms with E-state index < -0.39 is 11.0 Å². The molecule has 1 heterocycles. The zero-order chi connectivity index (χ0) is 26.2. The van der Waals surface area contributed by atoms with Crippen molar-refractivity contribution in [1.29, 1.82) is 0 Å². The van der Waals surface area contributed by atoms with E-state index in [1.807, 2.05) is 66.1 Å². The molecule has 0 saturated carbocycles. The number of nitro groups is 1. The Morgan fingerprint density at radius 2 is 1.70 bits per heavy atom. The minimum atomic E-state index is -0.457. The van der Waals surface area contributed by atoms with E-state index in [2.05, 4.69) is 22.4 Å². The molecule has 1 aromatic heterocycles. The molecule has 8 nitrogen and oxygen atoms in total. The number of unbranched alkanes of at least 4 members (excludes halogenated alkanes) is 1. The number of benzene rings is 3. The van der Waals surface area contributed by atoms with Crippen LogP contribution in [0.3, 0.4) is 0 Å². The van der Waals surface area contributed by atoms with E-state index in [0.29, 0.717) is 28.0 Å². The molecule has 0 aliphatic carbocycles. The van der Waals surface area contributed by atoms with Gasteiger partial charge in [-0.1, -0.05) is 67.6 Å². The van der Waals surface area contributed by atoms with Crippen molar-refractivity contribution < 1.29 is 9.72 Å². The lowest BCUT2D eigenvalue weighted by Gasteiger charge is -2.16. The van der Waals surface area contributed by atoms with Crippen LogP contribution in [0.25, 0.3) is 5.69 Å². The molecule has 4 aromatic rings. The second-order valence-corrected chi connectivity index (χ2v) is 9.66. The zero-order valence-corrected chi connectivity index (χ0v) is 21.6. The molecule has 9 heteroatoms. The third-order valence-corrected chi connectivity index (χ3v) is 6.96. The topological polar surface area (TPSA) is 103 Å². The minimum Gasteiger partial charge on any atom is -0.342 e. The van der Waals surface area contributed by atoms with Gasteiger partial charge in [0, 0.05) is 29.1 Å². The Balaban J connectivity index is 1.57. The Kier molecular flexibility index (Phi) is 8.68. The van der Waals surface area contributed by atoms with Crippen molar-refractivity contribution in [3.05, 3.63) is 111 Å². The van der Waals surface area contributed by atoms with Gasteiger partial charge in [-0.25, -0.2) is 0 Å². The maximum Gasteiger partial charge on any atom is 0.269 e. The fourth-order valence-electron chi connectivity index (χ4n) is 3.89. The van der Waals surface area contributed by atoms with Crippen LogP contribution in [-0.2, 0) is 12.2 Å². The number of rotatable bonds is 11. The Morgan fingerprint density at radius 3 is 2.35 bits per heavy atom. The van der Waals surface area contributed by atoms with E-state index >= 15 is 0 Å². The van der Waals surface area contributed by atoms with Crippen molar-refractivity contribution in [2.75, 3.05) is 0 Å². The zero-order valence-electron chi connectivity index (χ0n) is 20.8. The summed E-state index contributed by atoms with van der Waals surface area (Å²) in [5.41, 5.74) is 3.61. The highest BCUT2D eigenvalue weighted by molar-refractivity contribution is 7.98. The lowest BCUT2D eigenvalue weighted by molar-refractivity contribution is -0.384. The quantitative estimate of drug-likeness (QED) is 0.143. The summed E-state index contributed by atoms with van der Waals surface area (Å²) in [4.78, 5) is 23.7. The normalized spacial score (nSPS) is 11.7. The van der Waals surface area contributed by atoms with Crippen molar-refractivity contribution in [3.63, 3.8) is 0 Å². The Labute approximate surface area is 220 Å². The molecule has 1 unspecified atom stereocenters. The first-order valence-electron chi connectivity index (χ1n) is 12.2. The molecule has 4 rings (SSSR count). The van der Waals surface area contributed by atoms with Gasteiger partial charge < -0.3 is 5.32 Å². The Hall–Kier alpha value is -3.98. The van der Waals surface area contributed by atoms with Crippen LogP contribution in [0.15, 0.2) is 84.0 Å². The summed E-state index contributed by atoms with van der Waals surface area (Å²) in [5, 5.41) is 23.6. The van der Waals surface area contributed by atoms with Gasteiger partial charge in [-0.05, 0) is 55.2 Å². The average molecular weight is 516 g/mol. The number of nitrogens with one attached hydrogen (secondary N) is 1. The van der Waals surface area contributed by atoms with Gasteiger partial charge in [-0.3, -0.25) is 19.5 Å². The van der Waals surface area contributed by atoms with Crippen molar-refractivity contribution >= 4 is 23.4 Å². The first kappa shape index (κ1) is 26.1. The van der Waals surface area contributed by atoms with Gasteiger partial charge in [0.25, 0.3) is 11.6 Å². The maximum absolute atomic E-state index is 13.0. The van der Waals surface area contributed by atoms with E-state index in [1.165, 1.54) is 29.5 Å². The molecule has 1 N–H and O–H groups in total. The number of hydrogen-bond acceptors (Lipinski definition) is 6. The second-order valence-electron chi connectivity index (χ2n) is 8.72. The predicted molar refractivity (Wildman–Crippen MR) is 145 cm³/mol. The van der Waals surface area contributed by atoms with Gasteiger partial charge in [0.15, 0.2) is 11.0 Å². The molecule has 0 aliphatic rings. The van der Waals surface area contributed by atoms with Crippen molar-refractivity contribution in [3.8, 4) is 5.69 Å². The first-order chi connectivity index (χ1) is 18.0. The van der Waals surface area contributed by atoms with E-state index in [1.54, 1.807) is 12.1 Å². The molecule has 1 amide bonds. The number of carbonyl (C=O) groups is 1. The van der Waals surface area contributed by atoms with Gasteiger partial charge in [-0.15, -0.1) is 10.2 Å². The van der Waals surface area contributed by atoms with Crippen LogP contribution in [0.4, 0.5) is 5.69 Å². The van der Waals surface area contributed by atoms with E-state index in [4.69, 9.17) is 0 Å². The number of thioether (sulfide) groups is 1. The van der Waals surface area contributed by atoms with Gasteiger partial charge in [0.1, 0.15) is 0 Å². The highest BCUT2D eigenvalue weighted by Crippen LogP contribution is 2.28. The van der Waals surface area contributed by atoms with Crippen molar-refractivity contribution in [2.24, 2.45) is 0 Å². The molecule has 37 heavy (non-hydrogen) atoms. The van der Waals surface area contributed by atoms with E-state index in [9.17, 15) is 14.9 Å². The van der Waals surface area contributed by atoms with Crippen molar-refractivity contribution in [2.45, 2.75) is 50.1 Å². The largest absolute Gasteiger partial charge is 0.342 e. The van der Waals surface area contributed by atoms with Gasteiger partial charge in [0.2, 0.25) is 0 Å². The average Bonchev–Trinajstić information content (AvgIpc) is 3.35. The lowest BCUT2D eigenvalue weighted by atomic mass is 10.1. The molecule has 0 radical (unpaired) electrons. The maximum atomic E-state index is 13.0. The number of amides is 1. The fourth-order valence-corrected chi connectivity index (χ4v) is 4.81. The number of non-ortho nitro benzene ring substituents is 1. The number of carbonyl (C=O) groups excluding carboxylic acids is 1.